The summed E-state index contributed by atoms with van der Waals surface area (Å²) in [7, 11) is 0. The number of nitrogens with one attached hydrogen (secondary N) is 1. The van der Waals surface area contributed by atoms with E-state index in [1.165, 1.54) is 0 Å². The largest absolute Gasteiger partial charge is 0.478 e. The first-order valence-electron chi connectivity index (χ1n) is 6.72. The van der Waals surface area contributed by atoms with Gasteiger partial charge in [-0.25, -0.2) is 9.18 Å². The Labute approximate surface area is 116 Å². The maximum atomic E-state index is 13.7. The van der Waals surface area contributed by atoms with E-state index in [-0.39, 0.29) is 24.3 Å². The topological polar surface area (TPSA) is 95.6 Å². The van der Waals surface area contributed by atoms with Crippen LogP contribution in [0, 0.1) is 11.7 Å². The monoisotopic (exact) mass is 282 g/mol. The summed E-state index contributed by atoms with van der Waals surface area (Å²) in [5, 5.41) is 21.3. The lowest BCUT2D eigenvalue weighted by atomic mass is 9.85. The number of carboxylic acids is 1. The average Bonchev–Trinajstić information content (AvgIpc) is 2.42. The van der Waals surface area contributed by atoms with Crippen LogP contribution in [0.25, 0.3) is 0 Å². The van der Waals surface area contributed by atoms with Crippen LogP contribution in [0.1, 0.15) is 36.0 Å². The second-order valence-electron chi connectivity index (χ2n) is 5.20. The van der Waals surface area contributed by atoms with E-state index in [0.717, 1.165) is 37.8 Å². The Morgan fingerprint density at radius 3 is 2.75 bits per heavy atom. The highest BCUT2D eigenvalue weighted by molar-refractivity contribution is 5.90. The number of carbonyl (C=O) groups is 1. The number of halogens is 1. The molecule has 2 rings (SSSR count). The van der Waals surface area contributed by atoms with Gasteiger partial charge in [0.2, 0.25) is 0 Å². The van der Waals surface area contributed by atoms with Crippen molar-refractivity contribution in [1.29, 1.82) is 0 Å². The highest BCUT2D eigenvalue weighted by Gasteiger charge is 2.25. The number of aliphatic hydroxyl groups is 1. The van der Waals surface area contributed by atoms with Crippen molar-refractivity contribution >= 4 is 17.3 Å². The molecule has 0 saturated heterocycles. The van der Waals surface area contributed by atoms with Crippen molar-refractivity contribution in [1.82, 2.24) is 0 Å². The number of aliphatic hydroxyl groups excluding tert-OH is 1. The molecule has 0 spiro atoms. The van der Waals surface area contributed by atoms with Crippen LogP contribution in [0.4, 0.5) is 15.8 Å². The van der Waals surface area contributed by atoms with Crippen molar-refractivity contribution in [2.75, 3.05) is 17.7 Å². The molecule has 0 amide bonds. The molecule has 0 radical (unpaired) electrons. The van der Waals surface area contributed by atoms with Gasteiger partial charge in [-0.05, 0) is 25.0 Å². The summed E-state index contributed by atoms with van der Waals surface area (Å²) in [6, 6.07) is 2.27. The molecule has 1 aromatic rings. The molecule has 1 aliphatic rings. The molecule has 110 valence electrons. The van der Waals surface area contributed by atoms with Gasteiger partial charge in [0, 0.05) is 18.6 Å². The highest BCUT2D eigenvalue weighted by atomic mass is 19.1. The lowest BCUT2D eigenvalue weighted by Crippen LogP contribution is -2.34. The van der Waals surface area contributed by atoms with Crippen LogP contribution < -0.4 is 11.1 Å². The first kappa shape index (κ1) is 14.6. The predicted octanol–water partition coefficient (Wildman–Crippen LogP) is 2.07. The SMILES string of the molecule is Nc1cc(C(=O)O)c(F)cc1NC1CCCCC1CO. The molecule has 6 heteroatoms. The van der Waals surface area contributed by atoms with Crippen LogP contribution in [0.2, 0.25) is 0 Å². The molecule has 0 aliphatic heterocycles. The summed E-state index contributed by atoms with van der Waals surface area (Å²) >= 11 is 0. The summed E-state index contributed by atoms with van der Waals surface area (Å²) in [5.41, 5.74) is 5.93. The molecular weight excluding hydrogens is 263 g/mol. The fourth-order valence-electron chi connectivity index (χ4n) is 2.69. The first-order chi connectivity index (χ1) is 9.52. The van der Waals surface area contributed by atoms with Gasteiger partial charge in [-0.3, -0.25) is 0 Å². The van der Waals surface area contributed by atoms with Gasteiger partial charge in [-0.15, -0.1) is 0 Å². The Morgan fingerprint density at radius 2 is 2.10 bits per heavy atom. The fourth-order valence-corrected chi connectivity index (χ4v) is 2.69. The molecule has 1 fully saturated rings. The molecule has 20 heavy (non-hydrogen) atoms. The quantitative estimate of drug-likeness (QED) is 0.634. The van der Waals surface area contributed by atoms with Crippen molar-refractivity contribution < 1.29 is 19.4 Å². The zero-order valence-electron chi connectivity index (χ0n) is 11.1. The highest BCUT2D eigenvalue weighted by Crippen LogP contribution is 2.30. The molecule has 2 atom stereocenters. The molecule has 0 aromatic heterocycles. The number of hydrogen-bond donors (Lipinski definition) is 4. The molecular formula is C14H19FN2O3. The minimum atomic E-state index is -1.34. The summed E-state index contributed by atoms with van der Waals surface area (Å²) in [5.74, 6) is -2.04. The number of nitrogens with two attached hydrogens (primary N) is 1. The lowest BCUT2D eigenvalue weighted by molar-refractivity contribution is 0.0692. The van der Waals surface area contributed by atoms with Crippen LogP contribution in [0.3, 0.4) is 0 Å². The number of nitrogen functional groups attached to an aromatic ring is 1. The van der Waals surface area contributed by atoms with Crippen LogP contribution in [-0.4, -0.2) is 28.8 Å². The maximum absolute atomic E-state index is 13.7. The van der Waals surface area contributed by atoms with E-state index in [1.54, 1.807) is 0 Å². The number of aromatic carboxylic acids is 1. The van der Waals surface area contributed by atoms with Crippen molar-refractivity contribution in [3.05, 3.63) is 23.5 Å². The van der Waals surface area contributed by atoms with Gasteiger partial charge in [0.25, 0.3) is 0 Å². The third-order valence-electron chi connectivity index (χ3n) is 3.85. The van der Waals surface area contributed by atoms with Crippen molar-refractivity contribution in [2.24, 2.45) is 5.92 Å². The minimum absolute atomic E-state index is 0.0335. The molecule has 2 unspecified atom stereocenters. The number of carboxylic acid groups (broad SMARTS) is 1. The number of rotatable bonds is 4. The zero-order valence-corrected chi connectivity index (χ0v) is 11.1. The summed E-state index contributed by atoms with van der Waals surface area (Å²) in [6.45, 7) is 0.0766. The van der Waals surface area contributed by atoms with E-state index in [0.29, 0.717) is 5.69 Å². The summed E-state index contributed by atoms with van der Waals surface area (Å²) in [6.07, 6.45) is 3.92. The van der Waals surface area contributed by atoms with Crippen LogP contribution in [0.15, 0.2) is 12.1 Å². The summed E-state index contributed by atoms with van der Waals surface area (Å²) < 4.78 is 13.7. The Kier molecular flexibility index (Phi) is 4.44. The average molecular weight is 282 g/mol. The standard InChI is InChI=1S/C14H19FN2O3/c15-10-6-13(11(16)5-9(10)14(19)20)17-12-4-2-1-3-8(12)7-18/h5-6,8,12,17-18H,1-4,7,16H2,(H,19,20). The Hall–Kier alpha value is -1.82. The van der Waals surface area contributed by atoms with E-state index in [1.807, 2.05) is 0 Å². The van der Waals surface area contributed by atoms with Crippen molar-refractivity contribution in [3.8, 4) is 0 Å². The van der Waals surface area contributed by atoms with Crippen LogP contribution >= 0.6 is 0 Å². The van der Waals surface area contributed by atoms with Crippen LogP contribution in [-0.2, 0) is 0 Å². The van der Waals surface area contributed by atoms with E-state index in [9.17, 15) is 14.3 Å². The maximum Gasteiger partial charge on any atom is 0.338 e. The van der Waals surface area contributed by atoms with E-state index in [2.05, 4.69) is 5.32 Å². The molecule has 1 aliphatic carbocycles. The second-order valence-corrected chi connectivity index (χ2v) is 5.20. The third-order valence-corrected chi connectivity index (χ3v) is 3.85. The van der Waals surface area contributed by atoms with E-state index >= 15 is 0 Å². The number of anilines is 2. The molecule has 1 saturated carbocycles. The lowest BCUT2D eigenvalue weighted by Gasteiger charge is -2.32. The molecule has 0 bridgehead atoms. The van der Waals surface area contributed by atoms with Crippen molar-refractivity contribution in [2.45, 2.75) is 31.7 Å². The Balaban J connectivity index is 2.20. The number of benzene rings is 1. The fraction of sp³-hybridized carbons (Fsp3) is 0.500. The Bertz CT molecular complexity index is 507. The first-order valence-corrected chi connectivity index (χ1v) is 6.72. The van der Waals surface area contributed by atoms with Gasteiger partial charge < -0.3 is 21.3 Å². The van der Waals surface area contributed by atoms with Gasteiger partial charge in [-0.1, -0.05) is 12.8 Å². The van der Waals surface area contributed by atoms with Gasteiger partial charge >= 0.3 is 5.97 Å². The minimum Gasteiger partial charge on any atom is -0.478 e. The third kappa shape index (κ3) is 3.01. The second kappa shape index (κ2) is 6.09. The Morgan fingerprint density at radius 1 is 1.40 bits per heavy atom. The zero-order chi connectivity index (χ0) is 14.7. The van der Waals surface area contributed by atoms with Crippen LogP contribution in [0.5, 0.6) is 0 Å². The predicted molar refractivity (Wildman–Crippen MR) is 74.2 cm³/mol. The van der Waals surface area contributed by atoms with E-state index in [4.69, 9.17) is 10.8 Å². The summed E-state index contributed by atoms with van der Waals surface area (Å²) in [4.78, 5) is 10.8. The van der Waals surface area contributed by atoms with Gasteiger partial charge in [0.15, 0.2) is 0 Å². The van der Waals surface area contributed by atoms with Crippen molar-refractivity contribution in [3.63, 3.8) is 0 Å². The van der Waals surface area contributed by atoms with Gasteiger partial charge in [0.05, 0.1) is 16.9 Å². The smallest absolute Gasteiger partial charge is 0.338 e. The molecule has 5 nitrogen and oxygen atoms in total. The molecule has 1 aromatic carbocycles. The van der Waals surface area contributed by atoms with E-state index < -0.39 is 17.3 Å². The number of hydrogen-bond acceptors (Lipinski definition) is 4. The molecule has 5 N–H and O–H groups in total. The molecule has 0 heterocycles. The van der Waals surface area contributed by atoms with Gasteiger partial charge in [0.1, 0.15) is 5.82 Å². The van der Waals surface area contributed by atoms with Gasteiger partial charge in [-0.2, -0.15) is 0 Å². The normalized spacial score (nSPS) is 22.5.